The molecule has 0 spiro atoms. The summed E-state index contributed by atoms with van der Waals surface area (Å²) >= 11 is 0. The summed E-state index contributed by atoms with van der Waals surface area (Å²) in [7, 11) is 0. The van der Waals surface area contributed by atoms with Gasteiger partial charge < -0.3 is 0 Å². The molecule has 0 amide bonds. The Bertz CT molecular complexity index is 733. The van der Waals surface area contributed by atoms with Gasteiger partial charge in [-0.1, -0.05) is 30.4 Å². The molecule has 158 valence electrons. The average molecular weight is 399 g/mol. The second-order valence-corrected chi connectivity index (χ2v) is 9.91. The third-order valence-corrected chi connectivity index (χ3v) is 8.35. The van der Waals surface area contributed by atoms with Crippen molar-refractivity contribution in [2.45, 2.75) is 77.0 Å². The maximum absolute atomic E-state index is 14.4. The fourth-order valence-corrected chi connectivity index (χ4v) is 6.37. The Morgan fingerprint density at radius 1 is 0.759 bits per heavy atom. The molecule has 0 radical (unpaired) electrons. The number of rotatable bonds is 4. The van der Waals surface area contributed by atoms with Gasteiger partial charge in [-0.3, -0.25) is 0 Å². The van der Waals surface area contributed by atoms with Crippen molar-refractivity contribution >= 4 is 0 Å². The molecular formula is C27H36F2. The third-order valence-electron chi connectivity index (χ3n) is 8.35. The number of aryl methyl sites for hydroxylation is 1. The fourth-order valence-electron chi connectivity index (χ4n) is 6.37. The lowest BCUT2D eigenvalue weighted by atomic mass is 9.65. The Hall–Kier alpha value is -1.44. The van der Waals surface area contributed by atoms with Gasteiger partial charge in [-0.2, -0.15) is 0 Å². The minimum absolute atomic E-state index is 0.197. The number of hydrogen-bond acceptors (Lipinski definition) is 0. The van der Waals surface area contributed by atoms with Crippen LogP contribution in [0.5, 0.6) is 0 Å². The predicted molar refractivity (Wildman–Crippen MR) is 117 cm³/mol. The second kappa shape index (κ2) is 9.14. The maximum atomic E-state index is 14.4. The Balaban J connectivity index is 1.27. The molecule has 0 aromatic heterocycles. The van der Waals surface area contributed by atoms with Crippen LogP contribution >= 0.6 is 0 Å². The van der Waals surface area contributed by atoms with Crippen LogP contribution in [-0.2, 0) is 0 Å². The molecular weight excluding hydrogens is 362 g/mol. The van der Waals surface area contributed by atoms with Crippen LogP contribution in [0.4, 0.5) is 8.78 Å². The first-order valence-corrected chi connectivity index (χ1v) is 11.8. The lowest BCUT2D eigenvalue weighted by Gasteiger charge is -2.40. The minimum atomic E-state index is -0.654. The molecule has 0 N–H and O–H groups in total. The fraction of sp³-hybridized carbons (Fsp3) is 0.630. The molecule has 0 heterocycles. The zero-order valence-corrected chi connectivity index (χ0v) is 17.9. The summed E-state index contributed by atoms with van der Waals surface area (Å²) in [5, 5.41) is 0. The van der Waals surface area contributed by atoms with Crippen LogP contribution in [-0.4, -0.2) is 0 Å². The molecule has 29 heavy (non-hydrogen) atoms. The first-order chi connectivity index (χ1) is 14.1. The Morgan fingerprint density at radius 2 is 1.38 bits per heavy atom. The highest BCUT2D eigenvalue weighted by molar-refractivity contribution is 5.28. The van der Waals surface area contributed by atoms with E-state index in [9.17, 15) is 8.78 Å². The number of halogens is 2. The zero-order valence-electron chi connectivity index (χ0n) is 17.9. The smallest absolute Gasteiger partial charge is 0.162 e. The van der Waals surface area contributed by atoms with Gasteiger partial charge in [0.05, 0.1) is 0 Å². The minimum Gasteiger partial charge on any atom is -0.203 e. The normalized spacial score (nSPS) is 35.4. The van der Waals surface area contributed by atoms with E-state index in [2.05, 4.69) is 24.8 Å². The molecule has 0 bridgehead atoms. The molecule has 2 heteroatoms. The highest BCUT2D eigenvalue weighted by Gasteiger charge is 2.34. The van der Waals surface area contributed by atoms with E-state index in [4.69, 9.17) is 0 Å². The van der Waals surface area contributed by atoms with E-state index in [1.54, 1.807) is 13.0 Å². The summed E-state index contributed by atoms with van der Waals surface area (Å²) in [6.45, 7) is 5.57. The first kappa shape index (κ1) is 20.8. The van der Waals surface area contributed by atoms with E-state index in [-0.39, 0.29) is 5.92 Å². The maximum Gasteiger partial charge on any atom is 0.162 e. The quantitative estimate of drug-likeness (QED) is 0.449. The van der Waals surface area contributed by atoms with Crippen LogP contribution in [0.15, 0.2) is 36.9 Å². The van der Waals surface area contributed by atoms with Crippen molar-refractivity contribution in [3.8, 4) is 0 Å². The van der Waals surface area contributed by atoms with Crippen molar-refractivity contribution in [2.75, 3.05) is 0 Å². The van der Waals surface area contributed by atoms with Gasteiger partial charge in [0.2, 0.25) is 0 Å². The summed E-state index contributed by atoms with van der Waals surface area (Å²) in [5.74, 6) is 2.81. The molecule has 2 atom stereocenters. The van der Waals surface area contributed by atoms with Crippen LogP contribution in [0, 0.1) is 48.1 Å². The van der Waals surface area contributed by atoms with Gasteiger partial charge in [-0.15, -0.1) is 6.58 Å². The van der Waals surface area contributed by atoms with Crippen molar-refractivity contribution in [3.63, 3.8) is 0 Å². The van der Waals surface area contributed by atoms with Crippen molar-refractivity contribution < 1.29 is 8.78 Å². The van der Waals surface area contributed by atoms with Crippen molar-refractivity contribution in [1.82, 2.24) is 0 Å². The van der Waals surface area contributed by atoms with E-state index in [1.165, 1.54) is 51.4 Å². The molecule has 4 rings (SSSR count). The van der Waals surface area contributed by atoms with Crippen LogP contribution in [0.25, 0.3) is 0 Å². The molecule has 2 unspecified atom stereocenters. The average Bonchev–Trinajstić information content (AvgIpc) is 2.78. The van der Waals surface area contributed by atoms with Gasteiger partial charge >= 0.3 is 0 Å². The van der Waals surface area contributed by atoms with Gasteiger partial charge in [0.25, 0.3) is 0 Å². The highest BCUT2D eigenvalue weighted by atomic mass is 19.2. The Morgan fingerprint density at radius 3 is 1.97 bits per heavy atom. The summed E-state index contributed by atoms with van der Waals surface area (Å²) in [6.07, 6.45) is 19.4. The zero-order chi connectivity index (χ0) is 20.4. The molecule has 0 saturated heterocycles. The topological polar surface area (TPSA) is 0 Å². The van der Waals surface area contributed by atoms with E-state index < -0.39 is 11.6 Å². The second-order valence-electron chi connectivity index (χ2n) is 9.91. The summed E-state index contributed by atoms with van der Waals surface area (Å²) in [6, 6.07) is 3.55. The summed E-state index contributed by atoms with van der Waals surface area (Å²) in [4.78, 5) is 0. The van der Waals surface area contributed by atoms with E-state index >= 15 is 0 Å². The molecule has 2 fully saturated rings. The molecule has 0 nitrogen and oxygen atoms in total. The van der Waals surface area contributed by atoms with Gasteiger partial charge in [0.1, 0.15) is 0 Å². The Labute approximate surface area is 175 Å². The van der Waals surface area contributed by atoms with Gasteiger partial charge in [0.15, 0.2) is 11.6 Å². The standard InChI is InChI=1S/C27H36F2/c1-3-19-5-7-20(8-6-19)21-9-11-22(12-10-21)23-13-15-24(16-14-23)25-17-4-18(2)26(28)27(25)29/h3-5,7,17,19-24H,1,6,8-16H2,2H3. The molecule has 1 aromatic carbocycles. The SMILES string of the molecule is C=CC1C=CC(C2CCC(C3CCC(c4ccc(C)c(F)c4F)CC3)CC2)CC1. The molecule has 3 aliphatic carbocycles. The third kappa shape index (κ3) is 4.52. The van der Waals surface area contributed by atoms with Crippen LogP contribution in [0.2, 0.25) is 0 Å². The van der Waals surface area contributed by atoms with Crippen LogP contribution < -0.4 is 0 Å². The number of benzene rings is 1. The largest absolute Gasteiger partial charge is 0.203 e. The molecule has 1 aromatic rings. The van der Waals surface area contributed by atoms with Gasteiger partial charge in [-0.05, 0) is 118 Å². The van der Waals surface area contributed by atoms with Crippen molar-refractivity contribution in [2.24, 2.45) is 29.6 Å². The van der Waals surface area contributed by atoms with Crippen LogP contribution in [0.3, 0.4) is 0 Å². The molecule has 2 saturated carbocycles. The monoisotopic (exact) mass is 398 g/mol. The van der Waals surface area contributed by atoms with Crippen molar-refractivity contribution in [1.29, 1.82) is 0 Å². The first-order valence-electron chi connectivity index (χ1n) is 11.8. The van der Waals surface area contributed by atoms with Crippen molar-refractivity contribution in [3.05, 3.63) is 59.7 Å². The highest BCUT2D eigenvalue weighted by Crippen LogP contribution is 2.46. The predicted octanol–water partition coefficient (Wildman–Crippen LogP) is 8.12. The van der Waals surface area contributed by atoms with E-state index in [0.717, 1.165) is 36.5 Å². The Kier molecular flexibility index (Phi) is 6.56. The van der Waals surface area contributed by atoms with E-state index in [1.807, 2.05) is 6.07 Å². The van der Waals surface area contributed by atoms with Gasteiger partial charge in [0, 0.05) is 0 Å². The van der Waals surface area contributed by atoms with Gasteiger partial charge in [-0.25, -0.2) is 8.78 Å². The lowest BCUT2D eigenvalue weighted by molar-refractivity contribution is 0.139. The number of hydrogen-bond donors (Lipinski definition) is 0. The molecule has 0 aliphatic heterocycles. The van der Waals surface area contributed by atoms with Crippen LogP contribution in [0.1, 0.15) is 81.3 Å². The summed E-state index contributed by atoms with van der Waals surface area (Å²) < 4.78 is 28.3. The lowest BCUT2D eigenvalue weighted by Crippen LogP contribution is -2.28. The van der Waals surface area contributed by atoms with E-state index in [0.29, 0.717) is 17.0 Å². The summed E-state index contributed by atoms with van der Waals surface area (Å²) in [5.41, 5.74) is 1.02. The molecule has 3 aliphatic rings. The number of allylic oxidation sites excluding steroid dienone is 3.